The van der Waals surface area contributed by atoms with Crippen LogP contribution in [0.25, 0.3) is 5.69 Å². The van der Waals surface area contributed by atoms with Crippen LogP contribution in [0.2, 0.25) is 0 Å². The van der Waals surface area contributed by atoms with E-state index < -0.39 is 0 Å². The Morgan fingerprint density at radius 3 is 2.52 bits per heavy atom. The zero-order valence-corrected chi connectivity index (χ0v) is 18.0. The van der Waals surface area contributed by atoms with Gasteiger partial charge in [0.2, 0.25) is 0 Å². The number of rotatable bonds is 5. The number of nitrogens with zero attached hydrogens (tertiary/aromatic N) is 4. The Labute approximate surface area is 187 Å². The van der Waals surface area contributed by atoms with E-state index in [1.165, 1.54) is 5.56 Å². The second-order valence-electron chi connectivity index (χ2n) is 7.72. The fourth-order valence-corrected chi connectivity index (χ4v) is 4.52. The molecule has 2 unspecified atom stereocenters. The van der Waals surface area contributed by atoms with Crippen molar-refractivity contribution in [1.82, 2.24) is 24.8 Å². The average molecular weight is 426 g/mol. The second-order valence-corrected chi connectivity index (χ2v) is 8.10. The van der Waals surface area contributed by atoms with E-state index in [-0.39, 0.29) is 12.1 Å². The lowest BCUT2D eigenvalue weighted by atomic mass is 10.0. The summed E-state index contributed by atoms with van der Waals surface area (Å²) in [7, 11) is 0. The van der Waals surface area contributed by atoms with E-state index in [0.29, 0.717) is 11.7 Å². The maximum atomic E-state index is 5.80. The smallest absolute Gasteiger partial charge is 0.170 e. The van der Waals surface area contributed by atoms with E-state index in [9.17, 15) is 0 Å². The Bertz CT molecular complexity index is 1190. The van der Waals surface area contributed by atoms with E-state index in [4.69, 9.17) is 12.2 Å². The molecule has 2 atom stereocenters. The molecule has 4 aromatic rings. The predicted octanol–water partition coefficient (Wildman–Crippen LogP) is 4.75. The van der Waals surface area contributed by atoms with Crippen LogP contribution in [0.3, 0.4) is 0 Å². The Balaban J connectivity index is 1.61. The monoisotopic (exact) mass is 425 g/mol. The van der Waals surface area contributed by atoms with Gasteiger partial charge >= 0.3 is 0 Å². The first kappa shape index (κ1) is 19.5. The summed E-state index contributed by atoms with van der Waals surface area (Å²) in [6.45, 7) is 2.74. The quantitative estimate of drug-likeness (QED) is 0.468. The van der Waals surface area contributed by atoms with E-state index in [0.717, 1.165) is 22.8 Å². The molecule has 0 amide bonds. The first-order valence-corrected chi connectivity index (χ1v) is 10.7. The molecule has 1 N–H and O–H groups in total. The van der Waals surface area contributed by atoms with Gasteiger partial charge in [0, 0.05) is 30.0 Å². The molecule has 5 rings (SSSR count). The Morgan fingerprint density at radius 1 is 0.935 bits per heavy atom. The van der Waals surface area contributed by atoms with Crippen molar-refractivity contribution in [1.29, 1.82) is 0 Å². The number of hydrogen-bond acceptors (Lipinski definition) is 3. The van der Waals surface area contributed by atoms with Crippen molar-refractivity contribution in [2.45, 2.75) is 25.6 Å². The van der Waals surface area contributed by atoms with Gasteiger partial charge in [0.1, 0.15) is 0 Å². The molecule has 1 aliphatic rings. The van der Waals surface area contributed by atoms with Gasteiger partial charge in [0.15, 0.2) is 5.11 Å². The molecule has 1 aliphatic heterocycles. The van der Waals surface area contributed by atoms with Gasteiger partial charge in [-0.15, -0.1) is 0 Å². The third-order valence-electron chi connectivity index (χ3n) is 5.62. The van der Waals surface area contributed by atoms with Crippen molar-refractivity contribution in [2.24, 2.45) is 0 Å². The molecule has 0 aliphatic carbocycles. The third kappa shape index (κ3) is 3.82. The van der Waals surface area contributed by atoms with Crippen LogP contribution in [0.4, 0.5) is 0 Å². The summed E-state index contributed by atoms with van der Waals surface area (Å²) in [5, 5.41) is 4.23. The maximum absolute atomic E-state index is 5.80. The lowest BCUT2D eigenvalue weighted by molar-refractivity contribution is 0.299. The Morgan fingerprint density at radius 2 is 1.77 bits per heavy atom. The molecular formula is C25H23N5S. The Hall–Kier alpha value is -3.51. The van der Waals surface area contributed by atoms with Crippen LogP contribution in [0.1, 0.15) is 34.7 Å². The zero-order chi connectivity index (χ0) is 21.2. The van der Waals surface area contributed by atoms with Gasteiger partial charge < -0.3 is 14.8 Å². The number of aromatic nitrogens is 3. The summed E-state index contributed by atoms with van der Waals surface area (Å²) in [5.74, 6) is 0. The van der Waals surface area contributed by atoms with Gasteiger partial charge in [0.25, 0.3) is 0 Å². The highest BCUT2D eigenvalue weighted by Gasteiger charge is 2.41. The molecule has 0 bridgehead atoms. The third-order valence-corrected chi connectivity index (χ3v) is 5.97. The molecule has 0 spiro atoms. The van der Waals surface area contributed by atoms with Crippen LogP contribution in [0.15, 0.2) is 91.4 Å². The molecule has 0 saturated carbocycles. The van der Waals surface area contributed by atoms with E-state index in [1.807, 2.05) is 42.7 Å². The van der Waals surface area contributed by atoms with Gasteiger partial charge in [-0.2, -0.15) is 0 Å². The van der Waals surface area contributed by atoms with Crippen molar-refractivity contribution >= 4 is 17.3 Å². The van der Waals surface area contributed by atoms with Gasteiger partial charge in [-0.05, 0) is 73.2 Å². The van der Waals surface area contributed by atoms with Crippen molar-refractivity contribution in [3.8, 4) is 5.69 Å². The minimum Gasteiger partial charge on any atom is -0.352 e. The summed E-state index contributed by atoms with van der Waals surface area (Å²) in [4.78, 5) is 11.4. The highest BCUT2D eigenvalue weighted by atomic mass is 32.1. The number of benzene rings is 1. The van der Waals surface area contributed by atoms with Crippen molar-refractivity contribution in [3.05, 3.63) is 114 Å². The lowest BCUT2D eigenvalue weighted by Gasteiger charge is -2.28. The normalized spacial score (nSPS) is 18.2. The highest BCUT2D eigenvalue weighted by Crippen LogP contribution is 2.40. The first-order valence-electron chi connectivity index (χ1n) is 10.3. The minimum absolute atomic E-state index is 0.0279. The second kappa shape index (κ2) is 8.32. The molecule has 31 heavy (non-hydrogen) atoms. The molecule has 1 aromatic carbocycles. The number of thiocarbonyl (C=S) groups is 1. The topological polar surface area (TPSA) is 46.0 Å². The molecule has 1 fully saturated rings. The SMILES string of the molecule is Cc1cccc(-n2cccc2C2C(c3ccccn3)NC(=S)N2Cc2ccccn2)c1. The zero-order valence-electron chi connectivity index (χ0n) is 17.2. The molecule has 154 valence electrons. The fraction of sp³-hybridized carbons (Fsp3) is 0.160. The van der Waals surface area contributed by atoms with Crippen LogP contribution in [0, 0.1) is 6.92 Å². The summed E-state index contributed by atoms with van der Waals surface area (Å²) in [5.41, 5.74) is 5.46. The van der Waals surface area contributed by atoms with Crippen LogP contribution >= 0.6 is 12.2 Å². The van der Waals surface area contributed by atoms with Crippen LogP contribution in [-0.2, 0) is 6.54 Å². The minimum atomic E-state index is -0.0594. The van der Waals surface area contributed by atoms with Crippen molar-refractivity contribution in [3.63, 3.8) is 0 Å². The first-order chi connectivity index (χ1) is 15.2. The Kier molecular flexibility index (Phi) is 5.22. The highest BCUT2D eigenvalue weighted by molar-refractivity contribution is 7.80. The summed E-state index contributed by atoms with van der Waals surface area (Å²) < 4.78 is 2.24. The van der Waals surface area contributed by atoms with E-state index >= 15 is 0 Å². The lowest BCUT2D eigenvalue weighted by Crippen LogP contribution is -2.30. The summed E-state index contributed by atoms with van der Waals surface area (Å²) >= 11 is 5.80. The van der Waals surface area contributed by atoms with Crippen LogP contribution in [-0.4, -0.2) is 24.5 Å². The number of pyridine rings is 2. The van der Waals surface area contributed by atoms with Gasteiger partial charge in [-0.25, -0.2) is 0 Å². The number of nitrogens with one attached hydrogen (secondary N) is 1. The molecule has 4 heterocycles. The molecule has 5 nitrogen and oxygen atoms in total. The largest absolute Gasteiger partial charge is 0.352 e. The maximum Gasteiger partial charge on any atom is 0.170 e. The van der Waals surface area contributed by atoms with Crippen LogP contribution in [0.5, 0.6) is 0 Å². The average Bonchev–Trinajstić information content (AvgIpc) is 3.40. The molecule has 3 aromatic heterocycles. The van der Waals surface area contributed by atoms with Crippen molar-refractivity contribution < 1.29 is 0 Å². The summed E-state index contributed by atoms with van der Waals surface area (Å²) in [6.07, 6.45) is 5.76. The van der Waals surface area contributed by atoms with Gasteiger partial charge in [-0.3, -0.25) is 9.97 Å². The van der Waals surface area contributed by atoms with E-state index in [1.54, 1.807) is 0 Å². The number of aryl methyl sites for hydroxylation is 1. The van der Waals surface area contributed by atoms with Crippen molar-refractivity contribution in [2.75, 3.05) is 0 Å². The molecular weight excluding hydrogens is 402 g/mol. The number of hydrogen-bond donors (Lipinski definition) is 1. The molecule has 0 radical (unpaired) electrons. The fourth-order valence-electron chi connectivity index (χ4n) is 4.21. The standard InChI is InChI=1S/C25H23N5S/c1-18-8-6-10-20(16-18)29-15-7-12-22(29)24-23(21-11-3-5-14-27-21)28-25(31)30(24)17-19-9-2-4-13-26-19/h2-16,23-24H,17H2,1H3,(H,28,31). The molecule has 1 saturated heterocycles. The van der Waals surface area contributed by atoms with Gasteiger partial charge in [0.05, 0.1) is 30.0 Å². The predicted molar refractivity (Wildman–Crippen MR) is 126 cm³/mol. The van der Waals surface area contributed by atoms with E-state index in [2.05, 4.69) is 80.3 Å². The van der Waals surface area contributed by atoms with Gasteiger partial charge in [-0.1, -0.05) is 24.3 Å². The summed E-state index contributed by atoms with van der Waals surface area (Å²) in [6, 6.07) is 24.7. The molecule has 6 heteroatoms. The van der Waals surface area contributed by atoms with Crippen LogP contribution < -0.4 is 5.32 Å².